The number of nitro groups is 1. The van der Waals surface area contributed by atoms with Crippen LogP contribution in [-0.2, 0) is 11.2 Å². The summed E-state index contributed by atoms with van der Waals surface area (Å²) in [6, 6.07) is 7.98. The molecule has 1 amide bonds. The Labute approximate surface area is 149 Å². The van der Waals surface area contributed by atoms with E-state index in [1.807, 2.05) is 26.0 Å². The first-order valence-corrected chi connectivity index (χ1v) is 7.98. The van der Waals surface area contributed by atoms with Crippen LogP contribution >= 0.6 is 0 Å². The number of nitrogens with one attached hydrogen (secondary N) is 1. The van der Waals surface area contributed by atoms with E-state index >= 15 is 0 Å². The maximum Gasteiger partial charge on any atom is 0.271 e. The predicted octanol–water partition coefficient (Wildman–Crippen LogP) is 4.15. The van der Waals surface area contributed by atoms with Crippen molar-refractivity contribution in [1.29, 1.82) is 0 Å². The topological polar surface area (TPSA) is 94.6 Å². The first kappa shape index (κ1) is 17.5. The van der Waals surface area contributed by atoms with E-state index in [-0.39, 0.29) is 23.7 Å². The number of ether oxygens (including phenoxy) is 1. The molecular formula is C19H18N2O5. The van der Waals surface area contributed by atoms with Crippen molar-refractivity contribution in [2.75, 3.05) is 12.4 Å². The van der Waals surface area contributed by atoms with E-state index < -0.39 is 4.92 Å². The number of aryl methyl sites for hydroxylation is 2. The van der Waals surface area contributed by atoms with E-state index in [1.165, 1.54) is 25.3 Å². The SMILES string of the molecule is COc1ccc([N+](=O)[O-])cc1NC(=O)Cc1coc2cc(C)c(C)cc12. The number of nitro benzene ring substituents is 1. The highest BCUT2D eigenvalue weighted by molar-refractivity contribution is 5.96. The average molecular weight is 354 g/mol. The molecule has 0 radical (unpaired) electrons. The quantitative estimate of drug-likeness (QED) is 0.549. The fraction of sp³-hybridized carbons (Fsp3) is 0.211. The van der Waals surface area contributed by atoms with E-state index in [0.29, 0.717) is 5.75 Å². The molecule has 3 rings (SSSR count). The molecule has 1 heterocycles. The van der Waals surface area contributed by atoms with Crippen molar-refractivity contribution in [3.8, 4) is 5.75 Å². The monoisotopic (exact) mass is 354 g/mol. The van der Waals surface area contributed by atoms with Gasteiger partial charge in [-0.05, 0) is 43.2 Å². The summed E-state index contributed by atoms with van der Waals surface area (Å²) in [6.45, 7) is 4.00. The molecule has 0 bridgehead atoms. The number of rotatable bonds is 5. The number of carbonyl (C=O) groups excluding carboxylic acids is 1. The number of anilines is 1. The van der Waals surface area contributed by atoms with E-state index in [0.717, 1.165) is 27.7 Å². The molecule has 7 nitrogen and oxygen atoms in total. The second kappa shape index (κ2) is 6.87. The van der Waals surface area contributed by atoms with E-state index in [2.05, 4.69) is 5.32 Å². The van der Waals surface area contributed by atoms with Crippen LogP contribution in [-0.4, -0.2) is 17.9 Å². The van der Waals surface area contributed by atoms with Crippen LogP contribution in [0.2, 0.25) is 0 Å². The Morgan fingerprint density at radius 1 is 1.23 bits per heavy atom. The standard InChI is InChI=1S/C19H18N2O5/c1-11-6-15-13(10-26-18(15)7-12(11)2)8-19(22)20-16-9-14(21(23)24)4-5-17(16)25-3/h4-7,9-10H,8H2,1-3H3,(H,20,22). The van der Waals surface area contributed by atoms with E-state index in [1.54, 1.807) is 6.26 Å². The fourth-order valence-electron chi connectivity index (χ4n) is 2.75. The van der Waals surface area contributed by atoms with Gasteiger partial charge < -0.3 is 14.5 Å². The Bertz CT molecular complexity index is 1010. The molecule has 7 heteroatoms. The summed E-state index contributed by atoms with van der Waals surface area (Å²) >= 11 is 0. The minimum Gasteiger partial charge on any atom is -0.495 e. The number of furan rings is 1. The largest absolute Gasteiger partial charge is 0.495 e. The lowest BCUT2D eigenvalue weighted by molar-refractivity contribution is -0.384. The van der Waals surface area contributed by atoms with Crippen molar-refractivity contribution in [3.05, 3.63) is 63.4 Å². The van der Waals surface area contributed by atoms with Crippen molar-refractivity contribution in [1.82, 2.24) is 0 Å². The van der Waals surface area contributed by atoms with Crippen LogP contribution in [0.4, 0.5) is 11.4 Å². The van der Waals surface area contributed by atoms with Crippen LogP contribution in [0.3, 0.4) is 0 Å². The van der Waals surface area contributed by atoms with Crippen LogP contribution in [0, 0.1) is 24.0 Å². The van der Waals surface area contributed by atoms with Crippen LogP contribution in [0.25, 0.3) is 11.0 Å². The first-order valence-electron chi connectivity index (χ1n) is 7.98. The summed E-state index contributed by atoms with van der Waals surface area (Å²) in [6.07, 6.45) is 1.65. The minimum atomic E-state index is -0.524. The highest BCUT2D eigenvalue weighted by Crippen LogP contribution is 2.30. The summed E-state index contributed by atoms with van der Waals surface area (Å²) in [7, 11) is 1.44. The highest BCUT2D eigenvalue weighted by Gasteiger charge is 2.16. The second-order valence-corrected chi connectivity index (χ2v) is 6.06. The molecule has 1 aromatic heterocycles. The van der Waals surface area contributed by atoms with E-state index in [4.69, 9.17) is 9.15 Å². The second-order valence-electron chi connectivity index (χ2n) is 6.06. The normalized spacial score (nSPS) is 10.7. The molecule has 0 aliphatic rings. The molecule has 0 saturated carbocycles. The Morgan fingerprint density at radius 3 is 2.65 bits per heavy atom. The molecule has 134 valence electrons. The Balaban J connectivity index is 1.85. The van der Waals surface area contributed by atoms with Crippen LogP contribution in [0.5, 0.6) is 5.75 Å². The maximum absolute atomic E-state index is 12.4. The zero-order valence-electron chi connectivity index (χ0n) is 14.7. The van der Waals surface area contributed by atoms with Gasteiger partial charge in [0.1, 0.15) is 11.3 Å². The summed E-state index contributed by atoms with van der Waals surface area (Å²) in [5.74, 6) is 0.0391. The van der Waals surface area contributed by atoms with Gasteiger partial charge in [-0.2, -0.15) is 0 Å². The first-order chi connectivity index (χ1) is 12.4. The van der Waals surface area contributed by atoms with Gasteiger partial charge in [-0.15, -0.1) is 0 Å². The average Bonchev–Trinajstić information content (AvgIpc) is 2.96. The van der Waals surface area contributed by atoms with Crippen LogP contribution in [0.15, 0.2) is 41.0 Å². The van der Waals surface area contributed by atoms with Gasteiger partial charge in [0.2, 0.25) is 5.91 Å². The molecule has 1 N–H and O–H groups in total. The molecule has 2 aromatic carbocycles. The van der Waals surface area contributed by atoms with Gasteiger partial charge in [-0.25, -0.2) is 0 Å². The number of fused-ring (bicyclic) bond motifs is 1. The van der Waals surface area contributed by atoms with Gasteiger partial charge in [-0.3, -0.25) is 14.9 Å². The zero-order valence-corrected chi connectivity index (χ0v) is 14.7. The van der Waals surface area contributed by atoms with Gasteiger partial charge in [-0.1, -0.05) is 0 Å². The summed E-state index contributed by atoms with van der Waals surface area (Å²) in [4.78, 5) is 22.9. The van der Waals surface area contributed by atoms with Gasteiger partial charge in [0, 0.05) is 23.1 Å². The third-order valence-electron chi connectivity index (χ3n) is 4.29. The smallest absolute Gasteiger partial charge is 0.271 e. The lowest BCUT2D eigenvalue weighted by Crippen LogP contribution is -2.15. The van der Waals surface area contributed by atoms with Gasteiger partial charge >= 0.3 is 0 Å². The molecular weight excluding hydrogens is 336 g/mol. The summed E-state index contributed by atoms with van der Waals surface area (Å²) < 4.78 is 10.7. The number of amides is 1. The number of methoxy groups -OCH3 is 1. The predicted molar refractivity (Wildman–Crippen MR) is 97.7 cm³/mol. The van der Waals surface area contributed by atoms with Crippen molar-refractivity contribution < 1.29 is 18.9 Å². The number of benzene rings is 2. The molecule has 0 spiro atoms. The van der Waals surface area contributed by atoms with Gasteiger partial charge in [0.25, 0.3) is 5.69 Å². The number of hydrogen-bond donors (Lipinski definition) is 1. The van der Waals surface area contributed by atoms with Gasteiger partial charge in [0.15, 0.2) is 0 Å². The molecule has 0 saturated heterocycles. The maximum atomic E-state index is 12.4. The number of nitrogens with zero attached hydrogens (tertiary/aromatic N) is 1. The summed E-state index contributed by atoms with van der Waals surface area (Å²) in [5.41, 5.74) is 3.84. The van der Waals surface area contributed by atoms with Crippen molar-refractivity contribution in [2.45, 2.75) is 20.3 Å². The molecule has 0 fully saturated rings. The fourth-order valence-corrected chi connectivity index (χ4v) is 2.75. The molecule has 0 unspecified atom stereocenters. The number of carbonyl (C=O) groups is 1. The van der Waals surface area contributed by atoms with Gasteiger partial charge in [0.05, 0.1) is 30.4 Å². The minimum absolute atomic E-state index is 0.0847. The molecule has 26 heavy (non-hydrogen) atoms. The van der Waals surface area contributed by atoms with Crippen molar-refractivity contribution in [2.24, 2.45) is 0 Å². The van der Waals surface area contributed by atoms with Crippen LogP contribution in [0.1, 0.15) is 16.7 Å². The number of non-ortho nitro benzene ring substituents is 1. The molecule has 3 aromatic rings. The Kier molecular flexibility index (Phi) is 4.62. The van der Waals surface area contributed by atoms with E-state index in [9.17, 15) is 14.9 Å². The lowest BCUT2D eigenvalue weighted by atomic mass is 10.0. The Hall–Kier alpha value is -3.35. The molecule has 0 atom stereocenters. The molecule has 0 aliphatic carbocycles. The third-order valence-corrected chi connectivity index (χ3v) is 4.29. The Morgan fingerprint density at radius 2 is 1.96 bits per heavy atom. The van der Waals surface area contributed by atoms with Crippen molar-refractivity contribution >= 4 is 28.3 Å². The highest BCUT2D eigenvalue weighted by atomic mass is 16.6. The third kappa shape index (κ3) is 3.37. The number of hydrogen-bond acceptors (Lipinski definition) is 5. The lowest BCUT2D eigenvalue weighted by Gasteiger charge is -2.09. The molecule has 0 aliphatic heterocycles. The van der Waals surface area contributed by atoms with Crippen LogP contribution < -0.4 is 10.1 Å². The van der Waals surface area contributed by atoms with Crippen molar-refractivity contribution in [3.63, 3.8) is 0 Å². The zero-order chi connectivity index (χ0) is 18.8. The summed E-state index contributed by atoms with van der Waals surface area (Å²) in [5, 5.41) is 14.5.